The maximum atomic E-state index is 13.0. The van der Waals surface area contributed by atoms with Crippen LogP contribution in [0.15, 0.2) is 63.5 Å². The van der Waals surface area contributed by atoms with Crippen molar-refractivity contribution < 1.29 is 4.74 Å². The molecule has 1 fully saturated rings. The molecule has 0 bridgehead atoms. The van der Waals surface area contributed by atoms with Crippen LogP contribution in [0.3, 0.4) is 0 Å². The van der Waals surface area contributed by atoms with E-state index in [1.165, 1.54) is 36.8 Å². The number of aryl methyl sites for hydroxylation is 1. The van der Waals surface area contributed by atoms with Crippen molar-refractivity contribution in [3.05, 3.63) is 75.6 Å². The van der Waals surface area contributed by atoms with Gasteiger partial charge in [-0.2, -0.15) is 0 Å². The van der Waals surface area contributed by atoms with Crippen molar-refractivity contribution in [1.82, 2.24) is 24.1 Å². The van der Waals surface area contributed by atoms with Crippen LogP contribution < -0.4 is 20.8 Å². The van der Waals surface area contributed by atoms with Gasteiger partial charge in [0, 0.05) is 39.0 Å². The minimum Gasteiger partial charge on any atom is -0.497 e. The van der Waals surface area contributed by atoms with E-state index in [2.05, 4.69) is 34.5 Å². The molecule has 9 nitrogen and oxygen atoms in total. The average Bonchev–Trinajstić information content (AvgIpc) is 3.42. The zero-order chi connectivity index (χ0) is 30.5. The van der Waals surface area contributed by atoms with Crippen molar-refractivity contribution in [2.24, 2.45) is 0 Å². The van der Waals surface area contributed by atoms with Gasteiger partial charge in [0.25, 0.3) is 11.1 Å². The van der Waals surface area contributed by atoms with Gasteiger partial charge in [0.05, 0.1) is 40.6 Å². The molecule has 0 spiro atoms. The summed E-state index contributed by atoms with van der Waals surface area (Å²) in [5, 5.41) is 0.991. The minimum absolute atomic E-state index is 0.0922. The van der Waals surface area contributed by atoms with E-state index >= 15 is 0 Å². The van der Waals surface area contributed by atoms with Crippen molar-refractivity contribution in [3.63, 3.8) is 0 Å². The van der Waals surface area contributed by atoms with Gasteiger partial charge in [-0.15, -0.1) is 24.0 Å². The zero-order valence-corrected chi connectivity index (χ0v) is 26.8. The highest BCUT2D eigenvalue weighted by Gasteiger charge is 2.21. The molecule has 0 aliphatic heterocycles. The van der Waals surface area contributed by atoms with E-state index in [0.29, 0.717) is 10.9 Å². The van der Waals surface area contributed by atoms with Crippen molar-refractivity contribution in [2.45, 2.75) is 69.2 Å². The second-order valence-corrected chi connectivity index (χ2v) is 12.4. The van der Waals surface area contributed by atoms with Crippen molar-refractivity contribution in [2.75, 3.05) is 26.1 Å². The fraction of sp³-hybridized carbons (Fsp3) is 0.406. The van der Waals surface area contributed by atoms with Gasteiger partial charge in [-0.25, -0.2) is 15.0 Å². The summed E-state index contributed by atoms with van der Waals surface area (Å²) in [5.74, 6) is 1.52. The van der Waals surface area contributed by atoms with Crippen LogP contribution >= 0.6 is 24.0 Å². The summed E-state index contributed by atoms with van der Waals surface area (Å²) in [7, 11) is 5.62. The van der Waals surface area contributed by atoms with Gasteiger partial charge < -0.3 is 9.64 Å². The largest absolute Gasteiger partial charge is 0.497 e. The fourth-order valence-corrected chi connectivity index (χ4v) is 6.74. The lowest BCUT2D eigenvalue weighted by Crippen LogP contribution is -2.26. The van der Waals surface area contributed by atoms with Crippen molar-refractivity contribution in [1.29, 1.82) is 0 Å². The van der Waals surface area contributed by atoms with E-state index in [1.54, 1.807) is 24.2 Å². The summed E-state index contributed by atoms with van der Waals surface area (Å²) in [6.45, 7) is 2.11. The first-order valence-electron chi connectivity index (χ1n) is 14.7. The number of nitrogens with zero attached hydrogens (tertiary/aromatic N) is 6. The monoisotopic (exact) mass is 618 g/mol. The minimum atomic E-state index is -0.139. The Balaban J connectivity index is 0.000000173. The Labute approximate surface area is 260 Å². The lowest BCUT2D eigenvalue weighted by molar-refractivity contribution is 0.345. The number of rotatable bonds is 7. The highest BCUT2D eigenvalue weighted by Crippen LogP contribution is 2.36. The van der Waals surface area contributed by atoms with Crippen LogP contribution in [0.25, 0.3) is 26.1 Å². The maximum absolute atomic E-state index is 13.0. The van der Waals surface area contributed by atoms with Crippen molar-refractivity contribution >= 4 is 50.1 Å². The Morgan fingerprint density at radius 2 is 1.77 bits per heavy atom. The first-order chi connectivity index (χ1) is 20.8. The van der Waals surface area contributed by atoms with E-state index in [9.17, 15) is 9.59 Å². The summed E-state index contributed by atoms with van der Waals surface area (Å²) in [6.07, 6.45) is 13.7. The molecule has 1 saturated carbocycles. The van der Waals surface area contributed by atoms with Gasteiger partial charge in [0.2, 0.25) is 0 Å². The molecule has 226 valence electrons. The first kappa shape index (κ1) is 30.7. The summed E-state index contributed by atoms with van der Waals surface area (Å²) >= 11 is 5.64. The normalized spacial score (nSPS) is 13.6. The van der Waals surface area contributed by atoms with Crippen LogP contribution in [0.1, 0.15) is 63.7 Å². The molecular weight excluding hydrogens is 581 g/mol. The van der Waals surface area contributed by atoms with Crippen LogP contribution in [0, 0.1) is 0 Å². The van der Waals surface area contributed by atoms with E-state index in [0.717, 1.165) is 75.5 Å². The number of benzene rings is 1. The summed E-state index contributed by atoms with van der Waals surface area (Å²) in [6, 6.07) is 9.64. The molecule has 0 unspecified atom stereocenters. The number of methoxy groups -OCH3 is 1. The molecule has 1 aromatic carbocycles. The van der Waals surface area contributed by atoms with Crippen LogP contribution in [0.4, 0.5) is 5.69 Å². The van der Waals surface area contributed by atoms with E-state index in [-0.39, 0.29) is 11.1 Å². The Bertz CT molecular complexity index is 1820. The number of thiol groups is 1. The number of unbranched alkanes of at least 4 members (excludes halogenated alkanes) is 1. The number of hydrogen-bond acceptors (Lipinski definition) is 9. The number of hydrogen-bond donors (Lipinski definition) is 1. The lowest BCUT2D eigenvalue weighted by Gasteiger charge is -2.23. The number of anilines is 1. The number of fused-ring (bicyclic) bond motifs is 3. The quantitative estimate of drug-likeness (QED) is 0.210. The molecule has 1 aliphatic carbocycles. The second-order valence-electron chi connectivity index (χ2n) is 10.9. The number of thiophene rings is 1. The zero-order valence-electron chi connectivity index (χ0n) is 25.1. The van der Waals surface area contributed by atoms with Gasteiger partial charge in [-0.1, -0.05) is 32.6 Å². The molecule has 43 heavy (non-hydrogen) atoms. The lowest BCUT2D eigenvalue weighted by atomic mass is 9.95. The third-order valence-electron chi connectivity index (χ3n) is 7.84. The molecule has 0 atom stereocenters. The van der Waals surface area contributed by atoms with Gasteiger partial charge in [0.15, 0.2) is 0 Å². The molecule has 5 aromatic rings. The van der Waals surface area contributed by atoms with Gasteiger partial charge >= 0.3 is 0 Å². The number of ether oxygens (including phenoxy) is 1. The molecule has 0 amide bonds. The summed E-state index contributed by atoms with van der Waals surface area (Å²) in [5.41, 5.74) is 2.59. The highest BCUT2D eigenvalue weighted by atomic mass is 32.1. The molecule has 11 heteroatoms. The third-order valence-corrected chi connectivity index (χ3v) is 9.22. The SMILES string of the molecule is CCCCc1ncc(S)c(=O)n1-c1ccc(OC)cc1.CN(C)c1ccnc2sc3c(=O)n(C4CCCCC4)cnc3c12. The van der Waals surface area contributed by atoms with Crippen LogP contribution in [-0.4, -0.2) is 45.3 Å². The third kappa shape index (κ3) is 6.47. The average molecular weight is 619 g/mol. The molecule has 1 aliphatic rings. The molecule has 6 rings (SSSR count). The molecule has 0 N–H and O–H groups in total. The van der Waals surface area contributed by atoms with E-state index < -0.39 is 0 Å². The van der Waals surface area contributed by atoms with Gasteiger partial charge in [-0.3, -0.25) is 18.7 Å². The molecular formula is C32H38N6O3S2. The Morgan fingerprint density at radius 1 is 1.02 bits per heavy atom. The van der Waals surface area contributed by atoms with Crippen molar-refractivity contribution in [3.8, 4) is 11.4 Å². The smallest absolute Gasteiger partial charge is 0.271 e. The number of aromatic nitrogens is 5. The Kier molecular flexibility index (Phi) is 9.82. The molecule has 4 heterocycles. The molecule has 0 saturated heterocycles. The van der Waals surface area contributed by atoms with Crippen LogP contribution in [-0.2, 0) is 6.42 Å². The maximum Gasteiger partial charge on any atom is 0.271 e. The van der Waals surface area contributed by atoms with Crippen LogP contribution in [0.5, 0.6) is 5.75 Å². The molecule has 4 aromatic heterocycles. The summed E-state index contributed by atoms with van der Waals surface area (Å²) in [4.78, 5) is 42.0. The predicted molar refractivity (Wildman–Crippen MR) is 178 cm³/mol. The molecule has 0 radical (unpaired) electrons. The van der Waals surface area contributed by atoms with Gasteiger partial charge in [-0.05, 0) is 49.6 Å². The predicted octanol–water partition coefficient (Wildman–Crippen LogP) is 6.45. The topological polar surface area (TPSA) is 95.1 Å². The Morgan fingerprint density at radius 3 is 2.44 bits per heavy atom. The fourth-order valence-electron chi connectivity index (χ4n) is 5.53. The first-order valence-corrected chi connectivity index (χ1v) is 16.0. The highest BCUT2D eigenvalue weighted by molar-refractivity contribution is 7.80. The Hall–Kier alpha value is -3.70. The standard InChI is InChI=1S/C17H20N4OS.C15H18N2O2S/c1-20(2)12-8-9-18-16-13(12)14-15(23-16)17(22)21(10-19-14)11-6-4-3-5-7-11;1-3-4-5-14-16-10-13(20)15(18)17(14)11-6-8-12(19-2)9-7-11/h8-11H,3-7H2,1-2H3;6-10,20H,3-5H2,1-2H3. The second kappa shape index (κ2) is 13.7. The van der Waals surface area contributed by atoms with E-state index in [4.69, 9.17) is 4.74 Å². The van der Waals surface area contributed by atoms with Crippen LogP contribution in [0.2, 0.25) is 0 Å². The number of pyridine rings is 1. The summed E-state index contributed by atoms with van der Waals surface area (Å²) < 4.78 is 9.34. The van der Waals surface area contributed by atoms with E-state index in [1.807, 2.05) is 53.9 Å². The van der Waals surface area contributed by atoms with Gasteiger partial charge in [0.1, 0.15) is 21.1 Å².